The first-order valence-corrected chi connectivity index (χ1v) is 5.28. The van der Waals surface area contributed by atoms with Gasteiger partial charge in [0.2, 0.25) is 0 Å². The predicted molar refractivity (Wildman–Crippen MR) is 61.5 cm³/mol. The van der Waals surface area contributed by atoms with E-state index >= 15 is 0 Å². The van der Waals surface area contributed by atoms with Crippen molar-refractivity contribution in [1.82, 2.24) is 20.2 Å². The number of nitrogens with two attached hydrogens (primary N) is 1. The summed E-state index contributed by atoms with van der Waals surface area (Å²) < 4.78 is 1.59. The van der Waals surface area contributed by atoms with Crippen molar-refractivity contribution in [2.75, 3.05) is 0 Å². The second-order valence-electron chi connectivity index (χ2n) is 3.67. The Morgan fingerprint density at radius 3 is 2.81 bits per heavy atom. The van der Waals surface area contributed by atoms with Gasteiger partial charge < -0.3 is 5.73 Å². The largest absolute Gasteiger partial charge is 0.321 e. The number of nitrogens with zero attached hydrogens (tertiary/aromatic N) is 4. The molecular formula is C10H12ClN5. The van der Waals surface area contributed by atoms with E-state index in [4.69, 9.17) is 17.3 Å². The molecule has 1 aromatic heterocycles. The molecule has 0 saturated carbocycles. The van der Waals surface area contributed by atoms with Crippen molar-refractivity contribution in [3.05, 3.63) is 34.6 Å². The molecule has 0 bridgehead atoms. The van der Waals surface area contributed by atoms with E-state index in [-0.39, 0.29) is 6.04 Å². The Bertz CT molecular complexity index is 506. The first-order chi connectivity index (χ1) is 7.59. The quantitative estimate of drug-likeness (QED) is 0.862. The van der Waals surface area contributed by atoms with E-state index in [0.29, 0.717) is 10.8 Å². The number of aromatic nitrogens is 4. The molecule has 0 radical (unpaired) electrons. The normalized spacial score (nSPS) is 12.8. The maximum atomic E-state index is 6.05. The Morgan fingerprint density at radius 1 is 1.44 bits per heavy atom. The number of tetrazole rings is 1. The molecule has 6 heteroatoms. The van der Waals surface area contributed by atoms with Crippen LogP contribution >= 0.6 is 11.6 Å². The predicted octanol–water partition coefficient (Wildman–Crippen LogP) is 1.64. The lowest BCUT2D eigenvalue weighted by atomic mass is 10.2. The molecule has 2 rings (SSSR count). The van der Waals surface area contributed by atoms with Gasteiger partial charge in [-0.25, -0.2) is 0 Å². The van der Waals surface area contributed by atoms with Gasteiger partial charge in [-0.3, -0.25) is 0 Å². The van der Waals surface area contributed by atoms with E-state index in [1.165, 1.54) is 0 Å². The molecule has 2 N–H and O–H groups in total. The number of hydrogen-bond acceptors (Lipinski definition) is 4. The maximum absolute atomic E-state index is 6.05. The van der Waals surface area contributed by atoms with E-state index in [0.717, 1.165) is 11.3 Å². The topological polar surface area (TPSA) is 69.6 Å². The lowest BCUT2D eigenvalue weighted by Crippen LogP contribution is -2.13. The van der Waals surface area contributed by atoms with E-state index in [2.05, 4.69) is 15.5 Å². The molecule has 16 heavy (non-hydrogen) atoms. The number of benzene rings is 1. The highest BCUT2D eigenvalue weighted by Crippen LogP contribution is 2.20. The standard InChI is InChI=1S/C10H12ClN5/c1-6-3-4-8(5-9(6)11)16-10(7(2)12)13-14-15-16/h3-5,7H,12H2,1-2H3. The average molecular weight is 238 g/mol. The lowest BCUT2D eigenvalue weighted by Gasteiger charge is -2.07. The minimum Gasteiger partial charge on any atom is -0.321 e. The van der Waals surface area contributed by atoms with Gasteiger partial charge in [0.15, 0.2) is 5.82 Å². The van der Waals surface area contributed by atoms with Gasteiger partial charge in [0.25, 0.3) is 0 Å². The first kappa shape index (κ1) is 11.0. The van der Waals surface area contributed by atoms with Crippen molar-refractivity contribution in [2.24, 2.45) is 5.73 Å². The molecule has 1 heterocycles. The van der Waals surface area contributed by atoms with Crippen LogP contribution in [0.4, 0.5) is 0 Å². The maximum Gasteiger partial charge on any atom is 0.173 e. The Balaban J connectivity index is 2.50. The van der Waals surface area contributed by atoms with Gasteiger partial charge in [-0.2, -0.15) is 4.68 Å². The molecule has 1 unspecified atom stereocenters. The fourth-order valence-corrected chi connectivity index (χ4v) is 1.55. The van der Waals surface area contributed by atoms with Gasteiger partial charge >= 0.3 is 0 Å². The zero-order valence-corrected chi connectivity index (χ0v) is 9.81. The molecule has 5 nitrogen and oxygen atoms in total. The molecule has 0 fully saturated rings. The zero-order valence-electron chi connectivity index (χ0n) is 9.05. The van der Waals surface area contributed by atoms with Crippen molar-refractivity contribution in [2.45, 2.75) is 19.9 Å². The van der Waals surface area contributed by atoms with Crippen molar-refractivity contribution >= 4 is 11.6 Å². The third-order valence-electron chi connectivity index (χ3n) is 2.30. The van der Waals surface area contributed by atoms with Crippen LogP contribution in [-0.4, -0.2) is 20.2 Å². The summed E-state index contributed by atoms with van der Waals surface area (Å²) in [6.45, 7) is 3.77. The summed E-state index contributed by atoms with van der Waals surface area (Å²) in [6.07, 6.45) is 0. The van der Waals surface area contributed by atoms with E-state index < -0.39 is 0 Å². The molecule has 1 atom stereocenters. The van der Waals surface area contributed by atoms with Crippen molar-refractivity contribution in [1.29, 1.82) is 0 Å². The zero-order chi connectivity index (χ0) is 11.7. The Morgan fingerprint density at radius 2 is 2.19 bits per heavy atom. The summed E-state index contributed by atoms with van der Waals surface area (Å²) in [7, 11) is 0. The third kappa shape index (κ3) is 1.91. The summed E-state index contributed by atoms with van der Waals surface area (Å²) in [5.41, 5.74) is 7.60. The van der Waals surface area contributed by atoms with Gasteiger partial charge in [-0.15, -0.1) is 5.10 Å². The Labute approximate surface area is 98.2 Å². The summed E-state index contributed by atoms with van der Waals surface area (Å²) in [5, 5.41) is 12.1. The van der Waals surface area contributed by atoms with Crippen LogP contribution in [0.1, 0.15) is 24.4 Å². The van der Waals surface area contributed by atoms with Crippen LogP contribution in [0.15, 0.2) is 18.2 Å². The molecule has 0 aliphatic carbocycles. The van der Waals surface area contributed by atoms with Gasteiger partial charge in [-0.05, 0) is 42.0 Å². The fraction of sp³-hybridized carbons (Fsp3) is 0.300. The highest BCUT2D eigenvalue weighted by molar-refractivity contribution is 6.31. The van der Waals surface area contributed by atoms with Crippen molar-refractivity contribution in [3.8, 4) is 5.69 Å². The van der Waals surface area contributed by atoms with Crippen LogP contribution in [0.25, 0.3) is 5.69 Å². The van der Waals surface area contributed by atoms with E-state index in [9.17, 15) is 0 Å². The third-order valence-corrected chi connectivity index (χ3v) is 2.71. The van der Waals surface area contributed by atoms with Crippen LogP contribution in [0.3, 0.4) is 0 Å². The van der Waals surface area contributed by atoms with Gasteiger partial charge in [0.1, 0.15) is 0 Å². The second-order valence-corrected chi connectivity index (χ2v) is 4.08. The van der Waals surface area contributed by atoms with Crippen LogP contribution in [0, 0.1) is 6.92 Å². The highest BCUT2D eigenvalue weighted by atomic mass is 35.5. The smallest absolute Gasteiger partial charge is 0.173 e. The number of halogens is 1. The number of hydrogen-bond donors (Lipinski definition) is 1. The fourth-order valence-electron chi connectivity index (χ4n) is 1.38. The number of aryl methyl sites for hydroxylation is 1. The average Bonchev–Trinajstić information content (AvgIpc) is 2.71. The minimum absolute atomic E-state index is 0.227. The Hall–Kier alpha value is -1.46. The van der Waals surface area contributed by atoms with Crippen LogP contribution in [0.2, 0.25) is 5.02 Å². The number of rotatable bonds is 2. The molecule has 0 saturated heterocycles. The summed E-state index contributed by atoms with van der Waals surface area (Å²) >= 11 is 6.05. The molecule has 1 aromatic carbocycles. The summed E-state index contributed by atoms with van der Waals surface area (Å²) in [5.74, 6) is 0.611. The Kier molecular flexibility index (Phi) is 2.89. The minimum atomic E-state index is -0.227. The molecular weight excluding hydrogens is 226 g/mol. The molecule has 0 aliphatic rings. The molecule has 2 aromatic rings. The van der Waals surface area contributed by atoms with E-state index in [1.54, 1.807) is 4.68 Å². The highest BCUT2D eigenvalue weighted by Gasteiger charge is 2.12. The van der Waals surface area contributed by atoms with Crippen LogP contribution in [-0.2, 0) is 0 Å². The SMILES string of the molecule is Cc1ccc(-n2nnnc2C(C)N)cc1Cl. The summed E-state index contributed by atoms with van der Waals surface area (Å²) in [4.78, 5) is 0. The van der Waals surface area contributed by atoms with E-state index in [1.807, 2.05) is 32.0 Å². The van der Waals surface area contributed by atoms with Gasteiger partial charge in [0.05, 0.1) is 11.7 Å². The van der Waals surface area contributed by atoms with Gasteiger partial charge in [0, 0.05) is 5.02 Å². The van der Waals surface area contributed by atoms with Crippen LogP contribution in [0.5, 0.6) is 0 Å². The van der Waals surface area contributed by atoms with Crippen LogP contribution < -0.4 is 5.73 Å². The monoisotopic (exact) mass is 237 g/mol. The molecule has 0 amide bonds. The summed E-state index contributed by atoms with van der Waals surface area (Å²) in [6, 6.07) is 5.42. The lowest BCUT2D eigenvalue weighted by molar-refractivity contribution is 0.688. The first-order valence-electron chi connectivity index (χ1n) is 4.90. The van der Waals surface area contributed by atoms with Crippen molar-refractivity contribution < 1.29 is 0 Å². The second kappa shape index (κ2) is 4.19. The molecule has 0 aliphatic heterocycles. The molecule has 84 valence electrons. The van der Waals surface area contributed by atoms with Crippen molar-refractivity contribution in [3.63, 3.8) is 0 Å². The molecule has 0 spiro atoms. The van der Waals surface area contributed by atoms with Gasteiger partial charge in [-0.1, -0.05) is 17.7 Å².